The monoisotopic (exact) mass is 294 g/mol. The molecule has 0 fully saturated rings. The molecule has 1 aromatic carbocycles. The number of hydrogen-bond donors (Lipinski definition) is 1. The van der Waals surface area contributed by atoms with Gasteiger partial charge in [-0.3, -0.25) is 4.98 Å². The number of nitrogens with two attached hydrogens (primary N) is 1. The first-order valence-electron chi connectivity index (χ1n) is 6.49. The van der Waals surface area contributed by atoms with Crippen molar-refractivity contribution in [2.75, 3.05) is 6.61 Å². The fraction of sp³-hybridized carbons (Fsp3) is 0.267. The molecule has 6 heteroatoms. The summed E-state index contributed by atoms with van der Waals surface area (Å²) in [6, 6.07) is 7.54. The maximum Gasteiger partial charge on any atom is 0.387 e. The fourth-order valence-electron chi connectivity index (χ4n) is 1.97. The van der Waals surface area contributed by atoms with E-state index in [2.05, 4.69) is 9.72 Å². The van der Waals surface area contributed by atoms with Crippen molar-refractivity contribution in [3.63, 3.8) is 0 Å². The number of halogens is 2. The van der Waals surface area contributed by atoms with Crippen LogP contribution in [0, 0.1) is 0 Å². The smallest absolute Gasteiger partial charge is 0.387 e. The highest BCUT2D eigenvalue weighted by Gasteiger charge is 2.17. The van der Waals surface area contributed by atoms with Gasteiger partial charge in [0, 0.05) is 11.8 Å². The van der Waals surface area contributed by atoms with E-state index in [0.29, 0.717) is 23.5 Å². The van der Waals surface area contributed by atoms with E-state index < -0.39 is 12.7 Å². The molecular formula is C15H16F2N2O2. The predicted molar refractivity (Wildman–Crippen MR) is 74.5 cm³/mol. The summed E-state index contributed by atoms with van der Waals surface area (Å²) < 4.78 is 34.7. The number of aromatic nitrogens is 1. The first-order chi connectivity index (χ1) is 10.1. The summed E-state index contributed by atoms with van der Waals surface area (Å²) in [6.45, 7) is -0.532. The van der Waals surface area contributed by atoms with Gasteiger partial charge >= 0.3 is 6.61 Å². The molecule has 2 rings (SSSR count). The topological polar surface area (TPSA) is 57.4 Å². The number of ether oxygens (including phenoxy) is 2. The molecule has 0 aliphatic carbocycles. The Hall–Kier alpha value is -2.21. The largest absolute Gasteiger partial charge is 0.492 e. The van der Waals surface area contributed by atoms with Gasteiger partial charge in [-0.05, 0) is 24.6 Å². The van der Waals surface area contributed by atoms with E-state index in [0.717, 1.165) is 0 Å². The van der Waals surface area contributed by atoms with Crippen LogP contribution in [0.2, 0.25) is 0 Å². The van der Waals surface area contributed by atoms with Crippen molar-refractivity contribution in [3.8, 4) is 11.5 Å². The summed E-state index contributed by atoms with van der Waals surface area (Å²) in [5.74, 6) is 0.638. The van der Waals surface area contributed by atoms with E-state index in [9.17, 15) is 8.78 Å². The number of hydrogen-bond acceptors (Lipinski definition) is 4. The second-order valence-corrected chi connectivity index (χ2v) is 4.28. The van der Waals surface area contributed by atoms with Crippen LogP contribution in [0.5, 0.6) is 11.5 Å². The van der Waals surface area contributed by atoms with Crippen molar-refractivity contribution in [2.45, 2.75) is 19.6 Å². The average Bonchev–Trinajstić information content (AvgIpc) is 2.47. The first kappa shape index (κ1) is 15.2. The van der Waals surface area contributed by atoms with Crippen LogP contribution in [0.15, 0.2) is 42.7 Å². The van der Waals surface area contributed by atoms with Crippen molar-refractivity contribution < 1.29 is 18.3 Å². The van der Waals surface area contributed by atoms with Crippen molar-refractivity contribution >= 4 is 0 Å². The molecule has 0 aliphatic heterocycles. The van der Waals surface area contributed by atoms with Crippen LogP contribution in [0.1, 0.15) is 24.1 Å². The lowest BCUT2D eigenvalue weighted by atomic mass is 10.00. The fourth-order valence-corrected chi connectivity index (χ4v) is 1.97. The zero-order valence-corrected chi connectivity index (χ0v) is 11.5. The molecular weight excluding hydrogens is 278 g/mol. The van der Waals surface area contributed by atoms with E-state index in [4.69, 9.17) is 10.5 Å². The molecule has 0 saturated carbocycles. The minimum absolute atomic E-state index is 0.0572. The molecule has 0 bridgehead atoms. The van der Waals surface area contributed by atoms with Gasteiger partial charge in [-0.1, -0.05) is 18.2 Å². The van der Waals surface area contributed by atoms with Crippen molar-refractivity contribution in [2.24, 2.45) is 5.73 Å². The number of rotatable bonds is 6. The summed E-state index contributed by atoms with van der Waals surface area (Å²) in [7, 11) is 0. The number of para-hydroxylation sites is 1. The van der Waals surface area contributed by atoms with Crippen molar-refractivity contribution in [1.82, 2.24) is 4.98 Å². The van der Waals surface area contributed by atoms with Gasteiger partial charge in [0.2, 0.25) is 0 Å². The Morgan fingerprint density at radius 1 is 1.24 bits per heavy atom. The van der Waals surface area contributed by atoms with Crippen LogP contribution < -0.4 is 15.2 Å². The van der Waals surface area contributed by atoms with E-state index >= 15 is 0 Å². The molecule has 1 aromatic heterocycles. The molecule has 0 spiro atoms. The summed E-state index contributed by atoms with van der Waals surface area (Å²) >= 11 is 0. The second-order valence-electron chi connectivity index (χ2n) is 4.28. The molecule has 2 N–H and O–H groups in total. The van der Waals surface area contributed by atoms with E-state index in [-0.39, 0.29) is 5.75 Å². The van der Waals surface area contributed by atoms with Crippen molar-refractivity contribution in [3.05, 3.63) is 53.9 Å². The molecule has 0 saturated heterocycles. The van der Waals surface area contributed by atoms with Crippen LogP contribution in [-0.4, -0.2) is 18.2 Å². The Morgan fingerprint density at radius 2 is 2.00 bits per heavy atom. The van der Waals surface area contributed by atoms with Crippen LogP contribution in [-0.2, 0) is 0 Å². The lowest BCUT2D eigenvalue weighted by Crippen LogP contribution is -2.15. The zero-order valence-electron chi connectivity index (χ0n) is 11.5. The van der Waals surface area contributed by atoms with Crippen molar-refractivity contribution in [1.29, 1.82) is 0 Å². The number of nitrogens with zero attached hydrogens (tertiary/aromatic N) is 1. The normalized spacial score (nSPS) is 12.2. The minimum atomic E-state index is -2.90. The van der Waals surface area contributed by atoms with Crippen LogP contribution in [0.25, 0.3) is 0 Å². The quantitative estimate of drug-likeness (QED) is 0.889. The molecule has 1 unspecified atom stereocenters. The third-order valence-corrected chi connectivity index (χ3v) is 2.87. The molecule has 112 valence electrons. The standard InChI is InChI=1S/C15H16F2N2O2/c1-2-20-11-7-10(8-19-9-11)14(18)12-5-3-4-6-13(12)21-15(16)17/h3-9,14-15H,2,18H2,1H3. The first-order valence-corrected chi connectivity index (χ1v) is 6.49. The Labute approximate surface area is 121 Å². The Bertz CT molecular complexity index is 593. The molecule has 21 heavy (non-hydrogen) atoms. The molecule has 1 atom stereocenters. The summed E-state index contributed by atoms with van der Waals surface area (Å²) in [4.78, 5) is 4.05. The molecule has 4 nitrogen and oxygen atoms in total. The highest BCUT2D eigenvalue weighted by Crippen LogP contribution is 2.30. The highest BCUT2D eigenvalue weighted by molar-refractivity contribution is 5.42. The third-order valence-electron chi connectivity index (χ3n) is 2.87. The minimum Gasteiger partial charge on any atom is -0.492 e. The van der Waals surface area contributed by atoms with Gasteiger partial charge in [0.15, 0.2) is 0 Å². The third kappa shape index (κ3) is 3.88. The van der Waals surface area contributed by atoms with Gasteiger partial charge in [-0.25, -0.2) is 0 Å². The molecule has 1 heterocycles. The molecule has 0 radical (unpaired) electrons. The average molecular weight is 294 g/mol. The second kappa shape index (κ2) is 6.99. The lowest BCUT2D eigenvalue weighted by molar-refractivity contribution is -0.0505. The Morgan fingerprint density at radius 3 is 2.71 bits per heavy atom. The van der Waals surface area contributed by atoms with E-state index in [1.165, 1.54) is 6.07 Å². The summed E-state index contributed by atoms with van der Waals surface area (Å²) in [6.07, 6.45) is 3.15. The maximum absolute atomic E-state index is 12.4. The van der Waals surface area contributed by atoms with Crippen LogP contribution >= 0.6 is 0 Å². The van der Waals surface area contributed by atoms with Gasteiger partial charge in [-0.15, -0.1) is 0 Å². The summed E-state index contributed by atoms with van der Waals surface area (Å²) in [5.41, 5.74) is 7.26. The Balaban J connectivity index is 2.31. The molecule has 0 aliphatic rings. The number of pyridine rings is 1. The number of benzene rings is 1. The number of alkyl halides is 2. The van der Waals surface area contributed by atoms with Gasteiger partial charge in [0.1, 0.15) is 11.5 Å². The maximum atomic E-state index is 12.4. The lowest BCUT2D eigenvalue weighted by Gasteiger charge is -2.17. The Kier molecular flexibility index (Phi) is 5.05. The van der Waals surface area contributed by atoms with Gasteiger partial charge in [0.05, 0.1) is 18.8 Å². The van der Waals surface area contributed by atoms with Gasteiger partial charge in [-0.2, -0.15) is 8.78 Å². The molecule has 0 amide bonds. The van der Waals surface area contributed by atoms with Crippen LogP contribution in [0.4, 0.5) is 8.78 Å². The SMILES string of the molecule is CCOc1cncc(C(N)c2ccccc2OC(F)F)c1. The van der Waals surface area contributed by atoms with E-state index in [1.807, 2.05) is 6.92 Å². The predicted octanol–water partition coefficient (Wildman–Crippen LogP) is 3.13. The molecule has 2 aromatic rings. The summed E-state index contributed by atoms with van der Waals surface area (Å²) in [5, 5.41) is 0. The van der Waals surface area contributed by atoms with Gasteiger partial charge in [0.25, 0.3) is 0 Å². The van der Waals surface area contributed by atoms with E-state index in [1.54, 1.807) is 36.7 Å². The van der Waals surface area contributed by atoms with Crippen LogP contribution in [0.3, 0.4) is 0 Å². The highest BCUT2D eigenvalue weighted by atomic mass is 19.3. The zero-order chi connectivity index (χ0) is 15.2. The van der Waals surface area contributed by atoms with Gasteiger partial charge < -0.3 is 15.2 Å².